The van der Waals surface area contributed by atoms with Crippen molar-refractivity contribution in [2.45, 2.75) is 19.4 Å². The molecule has 1 amide bonds. The molecule has 0 heterocycles. The highest BCUT2D eigenvalue weighted by atomic mass is 16.5. The van der Waals surface area contributed by atoms with E-state index in [1.807, 2.05) is 6.92 Å². The van der Waals surface area contributed by atoms with Crippen molar-refractivity contribution in [3.8, 4) is 5.75 Å². The molecule has 0 spiro atoms. The molecule has 0 fully saturated rings. The first kappa shape index (κ1) is 14.5. The van der Waals surface area contributed by atoms with Gasteiger partial charge in [-0.3, -0.25) is 4.79 Å². The molecule has 1 rings (SSSR count). The Morgan fingerprint density at radius 2 is 2.06 bits per heavy atom. The molecule has 18 heavy (non-hydrogen) atoms. The molecular formula is C13H20N2O3. The Bertz CT molecular complexity index is 365. The zero-order valence-corrected chi connectivity index (χ0v) is 10.8. The van der Waals surface area contributed by atoms with Gasteiger partial charge < -0.3 is 20.5 Å². The van der Waals surface area contributed by atoms with E-state index in [0.717, 1.165) is 11.4 Å². The van der Waals surface area contributed by atoms with E-state index in [0.29, 0.717) is 6.42 Å². The molecule has 0 saturated heterocycles. The maximum atomic E-state index is 11.6. The molecule has 5 heteroatoms. The third-order valence-electron chi connectivity index (χ3n) is 2.55. The molecule has 5 nitrogen and oxygen atoms in total. The molecule has 0 saturated carbocycles. The number of benzene rings is 1. The van der Waals surface area contributed by atoms with Crippen molar-refractivity contribution in [2.24, 2.45) is 0 Å². The van der Waals surface area contributed by atoms with Gasteiger partial charge in [0.2, 0.25) is 5.91 Å². The molecule has 3 N–H and O–H groups in total. The first-order chi connectivity index (χ1) is 8.65. The summed E-state index contributed by atoms with van der Waals surface area (Å²) >= 11 is 0. The summed E-state index contributed by atoms with van der Waals surface area (Å²) in [5.41, 5.74) is 0.734. The summed E-state index contributed by atoms with van der Waals surface area (Å²) in [6.07, 6.45) is 0.635. The van der Waals surface area contributed by atoms with Crippen molar-refractivity contribution in [3.63, 3.8) is 0 Å². The summed E-state index contributed by atoms with van der Waals surface area (Å²) in [6, 6.07) is 7.27. The van der Waals surface area contributed by atoms with E-state index in [1.54, 1.807) is 31.4 Å². The van der Waals surface area contributed by atoms with Crippen LogP contribution in [0, 0.1) is 0 Å². The van der Waals surface area contributed by atoms with Crippen LogP contribution in [-0.4, -0.2) is 37.3 Å². The maximum absolute atomic E-state index is 11.6. The zero-order valence-electron chi connectivity index (χ0n) is 10.8. The van der Waals surface area contributed by atoms with Crippen molar-refractivity contribution in [3.05, 3.63) is 24.3 Å². The first-order valence-corrected chi connectivity index (χ1v) is 5.94. The number of aliphatic hydroxyl groups excluding tert-OH is 1. The minimum Gasteiger partial charge on any atom is -0.497 e. The number of carbonyl (C=O) groups excluding carboxylic acids is 1. The van der Waals surface area contributed by atoms with Gasteiger partial charge in [-0.1, -0.05) is 0 Å². The number of nitrogens with one attached hydrogen (secondary N) is 2. The predicted octanol–water partition coefficient (Wildman–Crippen LogP) is 0.994. The first-order valence-electron chi connectivity index (χ1n) is 5.94. The predicted molar refractivity (Wildman–Crippen MR) is 70.8 cm³/mol. The fourth-order valence-electron chi connectivity index (χ4n) is 1.44. The molecule has 1 atom stereocenters. The molecule has 1 unspecified atom stereocenters. The number of anilines is 1. The highest BCUT2D eigenvalue weighted by molar-refractivity contribution is 5.92. The Morgan fingerprint density at radius 1 is 1.39 bits per heavy atom. The summed E-state index contributed by atoms with van der Waals surface area (Å²) in [5.74, 6) is 0.646. The van der Waals surface area contributed by atoms with Gasteiger partial charge in [0.1, 0.15) is 5.75 Å². The topological polar surface area (TPSA) is 70.6 Å². The van der Waals surface area contributed by atoms with Crippen molar-refractivity contribution in [2.75, 3.05) is 25.6 Å². The maximum Gasteiger partial charge on any atom is 0.238 e. The number of aliphatic hydroxyl groups is 1. The average molecular weight is 252 g/mol. The van der Waals surface area contributed by atoms with E-state index in [2.05, 4.69) is 10.6 Å². The molecule has 0 aliphatic rings. The second kappa shape index (κ2) is 7.68. The second-order valence-corrected chi connectivity index (χ2v) is 4.07. The van der Waals surface area contributed by atoms with E-state index in [1.165, 1.54) is 0 Å². The van der Waals surface area contributed by atoms with Crippen LogP contribution in [0.25, 0.3) is 0 Å². The largest absolute Gasteiger partial charge is 0.497 e. The number of rotatable bonds is 7. The molecule has 100 valence electrons. The van der Waals surface area contributed by atoms with Crippen molar-refractivity contribution >= 4 is 11.6 Å². The van der Waals surface area contributed by atoms with Crippen molar-refractivity contribution in [1.29, 1.82) is 0 Å². The van der Waals surface area contributed by atoms with Crippen LogP contribution in [0.2, 0.25) is 0 Å². The monoisotopic (exact) mass is 252 g/mol. The Balaban J connectivity index is 2.35. The van der Waals surface area contributed by atoms with Gasteiger partial charge >= 0.3 is 0 Å². The van der Waals surface area contributed by atoms with Crippen LogP contribution >= 0.6 is 0 Å². The summed E-state index contributed by atoms with van der Waals surface area (Å²) in [4.78, 5) is 11.6. The van der Waals surface area contributed by atoms with Crippen LogP contribution in [-0.2, 0) is 4.79 Å². The highest BCUT2D eigenvalue weighted by Crippen LogP contribution is 2.14. The van der Waals surface area contributed by atoms with Gasteiger partial charge in [0.25, 0.3) is 0 Å². The quantitative estimate of drug-likeness (QED) is 0.677. The van der Waals surface area contributed by atoms with E-state index in [9.17, 15) is 4.79 Å². The third kappa shape index (κ3) is 5.16. The van der Waals surface area contributed by atoms with Crippen LogP contribution in [0.15, 0.2) is 24.3 Å². The minimum atomic E-state index is -0.107. The Labute approximate surface area is 107 Å². The fourth-order valence-corrected chi connectivity index (χ4v) is 1.44. The van der Waals surface area contributed by atoms with Gasteiger partial charge in [0.15, 0.2) is 0 Å². The fraction of sp³-hybridized carbons (Fsp3) is 0.462. The van der Waals surface area contributed by atoms with E-state index >= 15 is 0 Å². The van der Waals surface area contributed by atoms with E-state index < -0.39 is 0 Å². The number of amides is 1. The number of ether oxygens (including phenoxy) is 1. The van der Waals surface area contributed by atoms with Crippen LogP contribution in [0.1, 0.15) is 13.3 Å². The number of hydrogen-bond donors (Lipinski definition) is 3. The highest BCUT2D eigenvalue weighted by Gasteiger charge is 2.05. The number of methoxy groups -OCH3 is 1. The second-order valence-electron chi connectivity index (χ2n) is 4.07. The molecule has 1 aromatic carbocycles. The number of carbonyl (C=O) groups is 1. The summed E-state index contributed by atoms with van der Waals surface area (Å²) in [5, 5.41) is 14.5. The zero-order chi connectivity index (χ0) is 13.4. The lowest BCUT2D eigenvalue weighted by atomic mass is 10.2. The molecule has 0 aliphatic carbocycles. The van der Waals surface area contributed by atoms with E-state index in [-0.39, 0.29) is 25.1 Å². The summed E-state index contributed by atoms with van der Waals surface area (Å²) in [7, 11) is 1.60. The molecule has 0 radical (unpaired) electrons. The standard InChI is InChI=1S/C13H20N2O3/c1-10(7-8-16)14-9-13(17)15-11-3-5-12(18-2)6-4-11/h3-6,10,14,16H,7-9H2,1-2H3,(H,15,17). The smallest absolute Gasteiger partial charge is 0.238 e. The van der Waals surface area contributed by atoms with Crippen LogP contribution in [0.3, 0.4) is 0 Å². The Hall–Kier alpha value is -1.59. The molecular weight excluding hydrogens is 232 g/mol. The van der Waals surface area contributed by atoms with Gasteiger partial charge in [0.05, 0.1) is 13.7 Å². The average Bonchev–Trinajstić information content (AvgIpc) is 2.38. The van der Waals surface area contributed by atoms with Crippen molar-refractivity contribution in [1.82, 2.24) is 5.32 Å². The van der Waals surface area contributed by atoms with Crippen LogP contribution in [0.5, 0.6) is 5.75 Å². The van der Waals surface area contributed by atoms with Crippen LogP contribution < -0.4 is 15.4 Å². The summed E-state index contributed by atoms with van der Waals surface area (Å²) in [6.45, 7) is 2.28. The van der Waals surface area contributed by atoms with Crippen LogP contribution in [0.4, 0.5) is 5.69 Å². The SMILES string of the molecule is COc1ccc(NC(=O)CNC(C)CCO)cc1. The van der Waals surface area contributed by atoms with Gasteiger partial charge in [-0.15, -0.1) is 0 Å². The lowest BCUT2D eigenvalue weighted by Gasteiger charge is -2.12. The van der Waals surface area contributed by atoms with Gasteiger partial charge in [-0.25, -0.2) is 0 Å². The molecule has 0 aliphatic heterocycles. The minimum absolute atomic E-state index is 0.107. The lowest BCUT2D eigenvalue weighted by Crippen LogP contribution is -2.34. The molecule has 0 bridgehead atoms. The third-order valence-corrected chi connectivity index (χ3v) is 2.55. The number of hydrogen-bond acceptors (Lipinski definition) is 4. The van der Waals surface area contributed by atoms with Gasteiger partial charge in [-0.05, 0) is 37.6 Å². The lowest BCUT2D eigenvalue weighted by molar-refractivity contribution is -0.115. The van der Waals surface area contributed by atoms with Gasteiger partial charge in [0, 0.05) is 18.3 Å². The molecule has 0 aromatic heterocycles. The van der Waals surface area contributed by atoms with Crippen molar-refractivity contribution < 1.29 is 14.6 Å². The Kier molecular flexibility index (Phi) is 6.18. The van der Waals surface area contributed by atoms with E-state index in [4.69, 9.17) is 9.84 Å². The molecule has 1 aromatic rings. The Morgan fingerprint density at radius 3 is 2.61 bits per heavy atom. The summed E-state index contributed by atoms with van der Waals surface area (Å²) < 4.78 is 5.03. The van der Waals surface area contributed by atoms with Gasteiger partial charge in [-0.2, -0.15) is 0 Å². The normalized spacial score (nSPS) is 11.9.